The highest BCUT2D eigenvalue weighted by atomic mass is 35.5. The number of hydrogen-bond donors (Lipinski definition) is 1. The molecule has 0 amide bonds. The van der Waals surface area contributed by atoms with Crippen LogP contribution in [0.1, 0.15) is 5.56 Å². The van der Waals surface area contributed by atoms with Gasteiger partial charge in [0, 0.05) is 15.6 Å². The second-order valence-electron chi connectivity index (χ2n) is 3.24. The van der Waals surface area contributed by atoms with Crippen molar-refractivity contribution >= 4 is 23.2 Å². The minimum absolute atomic E-state index is 0.162. The van der Waals surface area contributed by atoms with Gasteiger partial charge in [0.15, 0.2) is 0 Å². The molecule has 88 valence electrons. The SMILES string of the molecule is O=c1cc(OCc2c(Cl)cccc2Cl)nc[nH]1. The van der Waals surface area contributed by atoms with E-state index in [9.17, 15) is 4.79 Å². The van der Waals surface area contributed by atoms with E-state index in [1.165, 1.54) is 12.4 Å². The van der Waals surface area contributed by atoms with Crippen LogP contribution in [0, 0.1) is 0 Å². The van der Waals surface area contributed by atoms with Gasteiger partial charge in [0.05, 0.1) is 12.4 Å². The number of aromatic amines is 1. The van der Waals surface area contributed by atoms with Gasteiger partial charge in [-0.15, -0.1) is 0 Å². The van der Waals surface area contributed by atoms with Gasteiger partial charge in [-0.25, -0.2) is 4.98 Å². The molecule has 1 aromatic carbocycles. The number of hydrogen-bond acceptors (Lipinski definition) is 3. The van der Waals surface area contributed by atoms with E-state index in [0.29, 0.717) is 15.6 Å². The summed E-state index contributed by atoms with van der Waals surface area (Å²) in [5.74, 6) is 0.227. The molecule has 0 saturated carbocycles. The summed E-state index contributed by atoms with van der Waals surface area (Å²) in [6, 6.07) is 6.44. The van der Waals surface area contributed by atoms with E-state index in [-0.39, 0.29) is 18.0 Å². The van der Waals surface area contributed by atoms with Crippen LogP contribution in [0.15, 0.2) is 35.4 Å². The first-order chi connectivity index (χ1) is 8.16. The number of nitrogens with zero attached hydrogens (tertiary/aromatic N) is 1. The van der Waals surface area contributed by atoms with Crippen molar-refractivity contribution < 1.29 is 4.74 Å². The van der Waals surface area contributed by atoms with Crippen molar-refractivity contribution in [1.82, 2.24) is 9.97 Å². The topological polar surface area (TPSA) is 55.0 Å². The molecule has 4 nitrogen and oxygen atoms in total. The standard InChI is InChI=1S/C11H8Cl2N2O2/c12-8-2-1-3-9(13)7(8)5-17-11-4-10(16)14-6-15-11/h1-4,6H,5H2,(H,14,15,16). The molecular weight excluding hydrogens is 263 g/mol. The molecule has 1 aromatic heterocycles. The van der Waals surface area contributed by atoms with Gasteiger partial charge in [-0.3, -0.25) is 4.79 Å². The molecule has 1 heterocycles. The van der Waals surface area contributed by atoms with Crippen LogP contribution in [0.3, 0.4) is 0 Å². The fourth-order valence-corrected chi connectivity index (χ4v) is 1.75. The third-order valence-corrected chi connectivity index (χ3v) is 2.79. The molecule has 2 aromatic rings. The van der Waals surface area contributed by atoms with E-state index in [1.54, 1.807) is 18.2 Å². The third kappa shape index (κ3) is 2.99. The molecule has 17 heavy (non-hydrogen) atoms. The van der Waals surface area contributed by atoms with Crippen molar-refractivity contribution in [1.29, 1.82) is 0 Å². The highest BCUT2D eigenvalue weighted by Crippen LogP contribution is 2.25. The predicted octanol–water partition coefficient (Wildman–Crippen LogP) is 2.66. The number of halogens is 2. The highest BCUT2D eigenvalue weighted by Gasteiger charge is 2.06. The molecule has 0 bridgehead atoms. The van der Waals surface area contributed by atoms with E-state index >= 15 is 0 Å². The molecule has 0 spiro atoms. The lowest BCUT2D eigenvalue weighted by Gasteiger charge is -2.07. The molecule has 0 aliphatic heterocycles. The van der Waals surface area contributed by atoms with Crippen LogP contribution < -0.4 is 10.3 Å². The van der Waals surface area contributed by atoms with Crippen LogP contribution in [0.25, 0.3) is 0 Å². The maximum atomic E-state index is 11.0. The summed E-state index contributed by atoms with van der Waals surface area (Å²) in [6.07, 6.45) is 1.27. The molecule has 0 atom stereocenters. The predicted molar refractivity (Wildman–Crippen MR) is 65.7 cm³/mol. The number of nitrogens with one attached hydrogen (secondary N) is 1. The van der Waals surface area contributed by atoms with Gasteiger partial charge in [-0.1, -0.05) is 29.3 Å². The van der Waals surface area contributed by atoms with Gasteiger partial charge in [0.1, 0.15) is 6.61 Å². The van der Waals surface area contributed by atoms with Gasteiger partial charge in [0.2, 0.25) is 5.88 Å². The maximum Gasteiger partial charge on any atom is 0.254 e. The molecular formula is C11H8Cl2N2O2. The number of rotatable bonds is 3. The van der Waals surface area contributed by atoms with Crippen LogP contribution in [0.5, 0.6) is 5.88 Å². The number of benzene rings is 1. The Balaban J connectivity index is 2.15. The second-order valence-corrected chi connectivity index (χ2v) is 4.05. The fraction of sp³-hybridized carbons (Fsp3) is 0.0909. The summed E-state index contributed by atoms with van der Waals surface area (Å²) in [6.45, 7) is 0.162. The summed E-state index contributed by atoms with van der Waals surface area (Å²) >= 11 is 11.9. The number of aromatic nitrogens is 2. The molecule has 0 fully saturated rings. The average Bonchev–Trinajstić information content (AvgIpc) is 2.28. The fourth-order valence-electron chi connectivity index (χ4n) is 1.25. The molecule has 0 saturated heterocycles. The monoisotopic (exact) mass is 270 g/mol. The average molecular weight is 271 g/mol. The molecule has 1 N–H and O–H groups in total. The Morgan fingerprint density at radius 2 is 2.00 bits per heavy atom. The Bertz CT molecular complexity index is 563. The zero-order valence-electron chi connectivity index (χ0n) is 8.61. The van der Waals surface area contributed by atoms with Crippen LogP contribution >= 0.6 is 23.2 Å². The van der Waals surface area contributed by atoms with Crippen LogP contribution in [0.4, 0.5) is 0 Å². The number of H-pyrrole nitrogens is 1. The number of ether oxygens (including phenoxy) is 1. The summed E-state index contributed by atoms with van der Waals surface area (Å²) in [4.78, 5) is 17.3. The smallest absolute Gasteiger partial charge is 0.254 e. The van der Waals surface area contributed by atoms with Gasteiger partial charge in [0.25, 0.3) is 5.56 Å². The largest absolute Gasteiger partial charge is 0.473 e. The Kier molecular flexibility index (Phi) is 3.66. The third-order valence-electron chi connectivity index (χ3n) is 2.08. The molecule has 0 radical (unpaired) electrons. The highest BCUT2D eigenvalue weighted by molar-refractivity contribution is 6.35. The molecule has 6 heteroatoms. The molecule has 0 unspecified atom stereocenters. The van der Waals surface area contributed by atoms with Gasteiger partial charge < -0.3 is 9.72 Å². The Morgan fingerprint density at radius 1 is 1.29 bits per heavy atom. The Hall–Kier alpha value is -1.52. The maximum absolute atomic E-state index is 11.0. The zero-order valence-corrected chi connectivity index (χ0v) is 10.1. The Labute approximate surface area is 107 Å². The van der Waals surface area contributed by atoms with Crippen molar-refractivity contribution in [2.45, 2.75) is 6.61 Å². The first-order valence-electron chi connectivity index (χ1n) is 4.77. The quantitative estimate of drug-likeness (QED) is 0.933. The first-order valence-corrected chi connectivity index (χ1v) is 5.53. The normalized spacial score (nSPS) is 10.2. The van der Waals surface area contributed by atoms with Crippen LogP contribution in [0.2, 0.25) is 10.0 Å². The van der Waals surface area contributed by atoms with Crippen molar-refractivity contribution in [3.63, 3.8) is 0 Å². The van der Waals surface area contributed by atoms with Gasteiger partial charge in [-0.2, -0.15) is 0 Å². The molecule has 0 aliphatic carbocycles. The summed E-state index contributed by atoms with van der Waals surface area (Å²) in [5.41, 5.74) is 0.387. The second kappa shape index (κ2) is 5.21. The zero-order chi connectivity index (χ0) is 12.3. The summed E-state index contributed by atoms with van der Waals surface area (Å²) in [7, 11) is 0. The molecule has 2 rings (SSSR count). The lowest BCUT2D eigenvalue weighted by molar-refractivity contribution is 0.293. The van der Waals surface area contributed by atoms with Crippen molar-refractivity contribution in [3.8, 4) is 5.88 Å². The van der Waals surface area contributed by atoms with E-state index in [4.69, 9.17) is 27.9 Å². The van der Waals surface area contributed by atoms with Crippen molar-refractivity contribution in [2.75, 3.05) is 0 Å². The first kappa shape index (κ1) is 12.0. The lowest BCUT2D eigenvalue weighted by atomic mass is 10.2. The van der Waals surface area contributed by atoms with Crippen molar-refractivity contribution in [2.24, 2.45) is 0 Å². The summed E-state index contributed by atoms with van der Waals surface area (Å²) in [5, 5.41) is 1.03. The van der Waals surface area contributed by atoms with Gasteiger partial charge >= 0.3 is 0 Å². The van der Waals surface area contributed by atoms with E-state index < -0.39 is 0 Å². The summed E-state index contributed by atoms with van der Waals surface area (Å²) < 4.78 is 5.33. The minimum Gasteiger partial charge on any atom is -0.473 e. The van der Waals surface area contributed by atoms with E-state index in [1.807, 2.05) is 0 Å². The van der Waals surface area contributed by atoms with Crippen LogP contribution in [-0.2, 0) is 6.61 Å². The van der Waals surface area contributed by atoms with Crippen molar-refractivity contribution in [3.05, 3.63) is 56.6 Å². The lowest BCUT2D eigenvalue weighted by Crippen LogP contribution is -2.07. The Morgan fingerprint density at radius 3 is 2.65 bits per heavy atom. The molecule has 0 aliphatic rings. The van der Waals surface area contributed by atoms with Crippen LogP contribution in [-0.4, -0.2) is 9.97 Å². The van der Waals surface area contributed by atoms with E-state index in [0.717, 1.165) is 0 Å². The minimum atomic E-state index is -0.278. The van der Waals surface area contributed by atoms with E-state index in [2.05, 4.69) is 9.97 Å². The van der Waals surface area contributed by atoms with Gasteiger partial charge in [-0.05, 0) is 12.1 Å².